The van der Waals surface area contributed by atoms with Gasteiger partial charge in [-0.3, -0.25) is 0 Å². The number of benzene rings is 1. The van der Waals surface area contributed by atoms with Crippen molar-refractivity contribution in [3.05, 3.63) is 35.4 Å². The number of rotatable bonds is 3. The van der Waals surface area contributed by atoms with Gasteiger partial charge in [0, 0.05) is 6.42 Å². The van der Waals surface area contributed by atoms with Gasteiger partial charge in [-0.25, -0.2) is 8.78 Å². The maximum absolute atomic E-state index is 12.7. The first-order valence-electron chi connectivity index (χ1n) is 4.85. The minimum absolute atomic E-state index is 0.175. The van der Waals surface area contributed by atoms with Crippen LogP contribution in [0.25, 0.3) is 0 Å². The van der Waals surface area contributed by atoms with E-state index in [1.807, 2.05) is 12.1 Å². The van der Waals surface area contributed by atoms with Crippen LogP contribution >= 0.6 is 0 Å². The molecular formula is C12H16F2. The molecule has 0 bridgehead atoms. The molecule has 1 rings (SSSR count). The summed E-state index contributed by atoms with van der Waals surface area (Å²) >= 11 is 0. The van der Waals surface area contributed by atoms with Gasteiger partial charge in [-0.15, -0.1) is 0 Å². The lowest BCUT2D eigenvalue weighted by atomic mass is 10.00. The summed E-state index contributed by atoms with van der Waals surface area (Å²) < 4.78 is 25.3. The minimum atomic E-state index is -2.61. The maximum Gasteiger partial charge on any atom is 0.249 e. The lowest BCUT2D eigenvalue weighted by Crippen LogP contribution is -2.13. The maximum atomic E-state index is 12.7. The zero-order valence-corrected chi connectivity index (χ0v) is 8.85. The van der Waals surface area contributed by atoms with E-state index in [2.05, 4.69) is 13.8 Å². The molecule has 0 amide bonds. The Bertz CT molecular complexity index is 280. The van der Waals surface area contributed by atoms with E-state index in [1.165, 1.54) is 5.56 Å². The van der Waals surface area contributed by atoms with Crippen molar-refractivity contribution in [3.63, 3.8) is 0 Å². The van der Waals surface area contributed by atoms with E-state index in [1.54, 1.807) is 12.1 Å². The highest BCUT2D eigenvalue weighted by atomic mass is 19.3. The molecule has 14 heavy (non-hydrogen) atoms. The largest absolute Gasteiger partial charge is 0.249 e. The van der Waals surface area contributed by atoms with Crippen LogP contribution in [0, 0.1) is 0 Å². The van der Waals surface area contributed by atoms with Gasteiger partial charge in [0.1, 0.15) is 0 Å². The lowest BCUT2D eigenvalue weighted by molar-refractivity contribution is 0.0226. The standard InChI is InChI=1S/C12H16F2/c1-9(2)11-6-4-10(5-7-11)8-12(3,13)14/h4-7,9H,8H2,1-3H3. The molecule has 0 spiro atoms. The molecule has 0 aliphatic heterocycles. The molecule has 0 aliphatic rings. The van der Waals surface area contributed by atoms with Gasteiger partial charge in [0.2, 0.25) is 5.92 Å². The Morgan fingerprint density at radius 3 is 2.00 bits per heavy atom. The van der Waals surface area contributed by atoms with E-state index >= 15 is 0 Å². The average Bonchev–Trinajstić information content (AvgIpc) is 2.02. The molecule has 0 unspecified atom stereocenters. The molecule has 78 valence electrons. The smallest absolute Gasteiger partial charge is 0.207 e. The van der Waals surface area contributed by atoms with Gasteiger partial charge in [0.05, 0.1) is 0 Å². The van der Waals surface area contributed by atoms with Gasteiger partial charge in [-0.05, 0) is 24.0 Å². The third kappa shape index (κ3) is 3.44. The summed E-state index contributed by atoms with van der Waals surface area (Å²) in [5.41, 5.74) is 1.88. The topological polar surface area (TPSA) is 0 Å². The molecule has 0 radical (unpaired) electrons. The van der Waals surface area contributed by atoms with Crippen LogP contribution in [0.4, 0.5) is 8.78 Å². The van der Waals surface area contributed by atoms with Crippen molar-refractivity contribution < 1.29 is 8.78 Å². The van der Waals surface area contributed by atoms with E-state index in [0.29, 0.717) is 11.5 Å². The normalized spacial score (nSPS) is 12.1. The van der Waals surface area contributed by atoms with Crippen LogP contribution in [-0.2, 0) is 6.42 Å². The fourth-order valence-corrected chi connectivity index (χ4v) is 1.38. The highest BCUT2D eigenvalue weighted by Gasteiger charge is 2.21. The van der Waals surface area contributed by atoms with Crippen molar-refractivity contribution in [2.75, 3.05) is 0 Å². The number of hydrogen-bond acceptors (Lipinski definition) is 0. The number of alkyl halides is 2. The Balaban J connectivity index is 2.74. The van der Waals surface area contributed by atoms with Crippen LogP contribution in [0.2, 0.25) is 0 Å². The van der Waals surface area contributed by atoms with Crippen LogP contribution in [0.15, 0.2) is 24.3 Å². The van der Waals surface area contributed by atoms with Gasteiger partial charge in [-0.2, -0.15) is 0 Å². The summed E-state index contributed by atoms with van der Waals surface area (Å²) in [5, 5.41) is 0. The van der Waals surface area contributed by atoms with Gasteiger partial charge in [-0.1, -0.05) is 38.1 Å². The quantitative estimate of drug-likeness (QED) is 0.688. The Labute approximate surface area is 84.0 Å². The van der Waals surface area contributed by atoms with Crippen molar-refractivity contribution >= 4 is 0 Å². The zero-order valence-electron chi connectivity index (χ0n) is 8.85. The van der Waals surface area contributed by atoms with Gasteiger partial charge in [0.25, 0.3) is 0 Å². The van der Waals surface area contributed by atoms with Gasteiger partial charge in [0.15, 0.2) is 0 Å². The summed E-state index contributed by atoms with van der Waals surface area (Å²) in [6, 6.07) is 7.41. The molecule has 0 saturated carbocycles. The monoisotopic (exact) mass is 198 g/mol. The van der Waals surface area contributed by atoms with E-state index in [0.717, 1.165) is 6.92 Å². The molecular weight excluding hydrogens is 182 g/mol. The van der Waals surface area contributed by atoms with Crippen molar-refractivity contribution in [1.82, 2.24) is 0 Å². The summed E-state index contributed by atoms with van der Waals surface area (Å²) in [5.74, 6) is -2.16. The molecule has 2 heteroatoms. The lowest BCUT2D eigenvalue weighted by Gasteiger charge is -2.11. The van der Waals surface area contributed by atoms with E-state index in [-0.39, 0.29) is 6.42 Å². The van der Waals surface area contributed by atoms with Crippen LogP contribution in [0.3, 0.4) is 0 Å². The molecule has 0 atom stereocenters. The molecule has 0 nitrogen and oxygen atoms in total. The van der Waals surface area contributed by atoms with E-state index < -0.39 is 5.92 Å². The zero-order chi connectivity index (χ0) is 10.8. The Morgan fingerprint density at radius 2 is 1.64 bits per heavy atom. The average molecular weight is 198 g/mol. The summed E-state index contributed by atoms with van der Waals surface area (Å²) in [6.07, 6.45) is -0.175. The van der Waals surface area contributed by atoms with E-state index in [9.17, 15) is 8.78 Å². The van der Waals surface area contributed by atoms with Crippen molar-refractivity contribution in [3.8, 4) is 0 Å². The summed E-state index contributed by atoms with van der Waals surface area (Å²) in [4.78, 5) is 0. The fourth-order valence-electron chi connectivity index (χ4n) is 1.38. The second-order valence-electron chi connectivity index (χ2n) is 4.14. The van der Waals surface area contributed by atoms with Crippen molar-refractivity contribution in [2.45, 2.75) is 39.0 Å². The Kier molecular flexibility index (Phi) is 3.25. The summed E-state index contributed by atoms with van der Waals surface area (Å²) in [7, 11) is 0. The highest BCUT2D eigenvalue weighted by molar-refractivity contribution is 5.25. The molecule has 1 aromatic carbocycles. The Hall–Kier alpha value is -0.920. The van der Waals surface area contributed by atoms with Crippen LogP contribution in [-0.4, -0.2) is 5.92 Å². The second-order valence-corrected chi connectivity index (χ2v) is 4.14. The molecule has 0 saturated heterocycles. The van der Waals surface area contributed by atoms with Crippen molar-refractivity contribution in [1.29, 1.82) is 0 Å². The van der Waals surface area contributed by atoms with Gasteiger partial charge < -0.3 is 0 Å². The van der Waals surface area contributed by atoms with E-state index in [4.69, 9.17) is 0 Å². The van der Waals surface area contributed by atoms with Crippen LogP contribution in [0.1, 0.15) is 37.8 Å². The molecule has 0 fully saturated rings. The predicted octanol–water partition coefficient (Wildman–Crippen LogP) is 4.01. The number of hydrogen-bond donors (Lipinski definition) is 0. The fraction of sp³-hybridized carbons (Fsp3) is 0.500. The predicted molar refractivity (Wildman–Crippen MR) is 54.9 cm³/mol. The Morgan fingerprint density at radius 1 is 1.14 bits per heavy atom. The molecule has 0 aromatic heterocycles. The molecule has 0 N–H and O–H groups in total. The highest BCUT2D eigenvalue weighted by Crippen LogP contribution is 2.21. The minimum Gasteiger partial charge on any atom is -0.207 e. The third-order valence-corrected chi connectivity index (χ3v) is 2.16. The second kappa shape index (κ2) is 4.07. The first-order chi connectivity index (χ1) is 6.38. The van der Waals surface area contributed by atoms with Crippen LogP contribution < -0.4 is 0 Å². The first kappa shape index (κ1) is 11.2. The summed E-state index contributed by atoms with van der Waals surface area (Å²) in [6.45, 7) is 5.12. The number of halogens is 2. The van der Waals surface area contributed by atoms with Crippen LogP contribution in [0.5, 0.6) is 0 Å². The molecule has 0 aliphatic carbocycles. The van der Waals surface area contributed by atoms with Crippen molar-refractivity contribution in [2.24, 2.45) is 0 Å². The van der Waals surface area contributed by atoms with Gasteiger partial charge >= 0.3 is 0 Å². The molecule has 0 heterocycles. The third-order valence-electron chi connectivity index (χ3n) is 2.16. The SMILES string of the molecule is CC(C)c1ccc(CC(C)(F)F)cc1. The molecule has 1 aromatic rings. The first-order valence-corrected chi connectivity index (χ1v) is 4.85.